The molecule has 3 heteroatoms. The van der Waals surface area contributed by atoms with Gasteiger partial charge in [0.05, 0.1) is 0 Å². The van der Waals surface area contributed by atoms with Crippen molar-refractivity contribution in [2.24, 2.45) is 5.73 Å². The minimum atomic E-state index is -0.520. The van der Waals surface area contributed by atoms with Gasteiger partial charge in [-0.2, -0.15) is 0 Å². The maximum atomic E-state index is 13.0. The molecule has 0 heterocycles. The quantitative estimate of drug-likeness (QED) is 0.723. The van der Waals surface area contributed by atoms with E-state index in [0.29, 0.717) is 0 Å². The van der Waals surface area contributed by atoms with Crippen molar-refractivity contribution in [3.05, 3.63) is 35.4 Å². The van der Waals surface area contributed by atoms with E-state index in [-0.39, 0.29) is 18.0 Å². The van der Waals surface area contributed by atoms with Crippen LogP contribution in [0, 0.1) is 11.6 Å². The number of nitrogens with two attached hydrogens (primary N) is 1. The monoisotopic (exact) mass is 171 g/mol. The van der Waals surface area contributed by atoms with Crippen LogP contribution in [-0.2, 0) is 0 Å². The van der Waals surface area contributed by atoms with Crippen molar-refractivity contribution < 1.29 is 8.78 Å². The summed E-state index contributed by atoms with van der Waals surface area (Å²) in [5.41, 5.74) is 5.39. The summed E-state index contributed by atoms with van der Waals surface area (Å²) in [6, 6.07) is 3.83. The fraction of sp³-hybridized carbons (Fsp3) is 0.333. The summed E-state index contributed by atoms with van der Waals surface area (Å²) in [4.78, 5) is 0. The summed E-state index contributed by atoms with van der Waals surface area (Å²) >= 11 is 0. The topological polar surface area (TPSA) is 26.0 Å². The molecular formula is C9H11F2N. The molecule has 1 atom stereocenters. The Morgan fingerprint density at radius 2 is 1.83 bits per heavy atom. The third kappa shape index (κ3) is 1.61. The molecule has 0 aliphatic rings. The average Bonchev–Trinajstić information content (AvgIpc) is 2.03. The number of hydrogen-bond donors (Lipinski definition) is 1. The van der Waals surface area contributed by atoms with Gasteiger partial charge < -0.3 is 5.73 Å². The average molecular weight is 171 g/mol. The second kappa shape index (κ2) is 3.63. The number of rotatable bonds is 2. The van der Waals surface area contributed by atoms with Gasteiger partial charge in [0.1, 0.15) is 11.6 Å². The first-order valence-corrected chi connectivity index (χ1v) is 3.80. The van der Waals surface area contributed by atoms with E-state index in [1.165, 1.54) is 18.2 Å². The summed E-state index contributed by atoms with van der Waals surface area (Å²) in [7, 11) is 0. The lowest BCUT2D eigenvalue weighted by Gasteiger charge is -2.10. The first-order chi connectivity index (χ1) is 5.66. The predicted octanol–water partition coefficient (Wildman–Crippen LogP) is 2.03. The van der Waals surface area contributed by atoms with Gasteiger partial charge in [-0.1, -0.05) is 13.0 Å². The molecule has 12 heavy (non-hydrogen) atoms. The zero-order valence-electron chi connectivity index (χ0n) is 6.85. The van der Waals surface area contributed by atoms with E-state index in [2.05, 4.69) is 0 Å². The Morgan fingerprint density at radius 1 is 1.33 bits per heavy atom. The molecular weight excluding hydrogens is 160 g/mol. The Kier molecular flexibility index (Phi) is 2.76. The van der Waals surface area contributed by atoms with Gasteiger partial charge >= 0.3 is 0 Å². The Balaban J connectivity index is 3.12. The molecule has 1 nitrogen and oxygen atoms in total. The van der Waals surface area contributed by atoms with E-state index >= 15 is 0 Å². The van der Waals surface area contributed by atoms with E-state index < -0.39 is 11.6 Å². The summed E-state index contributed by atoms with van der Waals surface area (Å²) in [6.45, 7) is 1.94. The Bertz CT molecular complexity index is 253. The molecule has 0 aromatic heterocycles. The van der Waals surface area contributed by atoms with Crippen LogP contribution in [0.25, 0.3) is 0 Å². The first kappa shape index (κ1) is 9.13. The van der Waals surface area contributed by atoms with Crippen LogP contribution in [0.5, 0.6) is 0 Å². The molecule has 0 bridgehead atoms. The normalized spacial score (nSPS) is 13.0. The SMILES string of the molecule is CC(CN)c1c(F)cccc1F. The smallest absolute Gasteiger partial charge is 0.129 e. The van der Waals surface area contributed by atoms with E-state index in [1.807, 2.05) is 0 Å². The van der Waals surface area contributed by atoms with Crippen LogP contribution in [-0.4, -0.2) is 6.54 Å². The molecule has 1 rings (SSSR count). The Morgan fingerprint density at radius 3 is 2.25 bits per heavy atom. The van der Waals surface area contributed by atoms with Crippen LogP contribution in [0.15, 0.2) is 18.2 Å². The van der Waals surface area contributed by atoms with Crippen molar-refractivity contribution in [2.75, 3.05) is 6.54 Å². The van der Waals surface area contributed by atoms with Gasteiger partial charge in [-0.15, -0.1) is 0 Å². The van der Waals surface area contributed by atoms with Crippen molar-refractivity contribution in [3.63, 3.8) is 0 Å². The molecule has 0 amide bonds. The number of hydrogen-bond acceptors (Lipinski definition) is 1. The van der Waals surface area contributed by atoms with Gasteiger partial charge in [-0.25, -0.2) is 8.78 Å². The molecule has 0 aliphatic heterocycles. The highest BCUT2D eigenvalue weighted by Gasteiger charge is 2.13. The number of benzene rings is 1. The zero-order valence-corrected chi connectivity index (χ0v) is 6.85. The predicted molar refractivity (Wildman–Crippen MR) is 43.8 cm³/mol. The Labute approximate surface area is 70.2 Å². The largest absolute Gasteiger partial charge is 0.330 e. The van der Waals surface area contributed by atoms with E-state index in [1.54, 1.807) is 6.92 Å². The van der Waals surface area contributed by atoms with Crippen LogP contribution in [0.3, 0.4) is 0 Å². The molecule has 66 valence electrons. The molecule has 0 saturated carbocycles. The fourth-order valence-electron chi connectivity index (χ4n) is 1.10. The second-order valence-corrected chi connectivity index (χ2v) is 2.77. The van der Waals surface area contributed by atoms with Gasteiger partial charge in [-0.05, 0) is 24.6 Å². The highest BCUT2D eigenvalue weighted by Crippen LogP contribution is 2.20. The lowest BCUT2D eigenvalue weighted by molar-refractivity contribution is 0.534. The van der Waals surface area contributed by atoms with Crippen LogP contribution < -0.4 is 5.73 Å². The van der Waals surface area contributed by atoms with Crippen molar-refractivity contribution in [1.82, 2.24) is 0 Å². The van der Waals surface area contributed by atoms with Crippen LogP contribution >= 0.6 is 0 Å². The molecule has 0 spiro atoms. The molecule has 1 unspecified atom stereocenters. The number of halogens is 2. The minimum Gasteiger partial charge on any atom is -0.330 e. The minimum absolute atomic E-state index is 0.0833. The molecule has 0 radical (unpaired) electrons. The lowest BCUT2D eigenvalue weighted by atomic mass is 10.0. The van der Waals surface area contributed by atoms with E-state index in [0.717, 1.165) is 0 Å². The van der Waals surface area contributed by atoms with Crippen LogP contribution in [0.2, 0.25) is 0 Å². The second-order valence-electron chi connectivity index (χ2n) is 2.77. The standard InChI is InChI=1S/C9H11F2N/c1-6(5-12)9-7(10)3-2-4-8(9)11/h2-4,6H,5,12H2,1H3. The summed E-state index contributed by atoms with van der Waals surface area (Å²) < 4.78 is 26.0. The Hall–Kier alpha value is -0.960. The molecule has 1 aromatic carbocycles. The van der Waals surface area contributed by atoms with Crippen molar-refractivity contribution in [2.45, 2.75) is 12.8 Å². The van der Waals surface area contributed by atoms with E-state index in [9.17, 15) is 8.78 Å². The zero-order chi connectivity index (χ0) is 9.14. The highest BCUT2D eigenvalue weighted by atomic mass is 19.1. The summed E-state index contributed by atoms with van der Waals surface area (Å²) in [6.07, 6.45) is 0. The van der Waals surface area contributed by atoms with Gasteiger partial charge in [0.25, 0.3) is 0 Å². The molecule has 2 N–H and O–H groups in total. The maximum Gasteiger partial charge on any atom is 0.129 e. The van der Waals surface area contributed by atoms with Crippen LogP contribution in [0.4, 0.5) is 8.78 Å². The van der Waals surface area contributed by atoms with Gasteiger partial charge in [0.15, 0.2) is 0 Å². The van der Waals surface area contributed by atoms with Crippen molar-refractivity contribution >= 4 is 0 Å². The maximum absolute atomic E-state index is 13.0. The highest BCUT2D eigenvalue weighted by molar-refractivity contribution is 5.23. The lowest BCUT2D eigenvalue weighted by Crippen LogP contribution is -2.12. The third-order valence-corrected chi connectivity index (χ3v) is 1.85. The third-order valence-electron chi connectivity index (χ3n) is 1.85. The van der Waals surface area contributed by atoms with Crippen LogP contribution in [0.1, 0.15) is 18.4 Å². The summed E-state index contributed by atoms with van der Waals surface area (Å²) in [5.74, 6) is -1.31. The van der Waals surface area contributed by atoms with Gasteiger partial charge in [-0.3, -0.25) is 0 Å². The van der Waals surface area contributed by atoms with Crippen molar-refractivity contribution in [1.29, 1.82) is 0 Å². The summed E-state index contributed by atoms with van der Waals surface area (Å²) in [5, 5.41) is 0. The molecule has 1 aromatic rings. The molecule has 0 saturated heterocycles. The van der Waals surface area contributed by atoms with Crippen molar-refractivity contribution in [3.8, 4) is 0 Å². The van der Waals surface area contributed by atoms with Gasteiger partial charge in [0.2, 0.25) is 0 Å². The fourth-order valence-corrected chi connectivity index (χ4v) is 1.10. The van der Waals surface area contributed by atoms with Gasteiger partial charge in [0, 0.05) is 5.56 Å². The molecule has 0 fully saturated rings. The molecule has 0 aliphatic carbocycles. The van der Waals surface area contributed by atoms with E-state index in [4.69, 9.17) is 5.73 Å². The first-order valence-electron chi connectivity index (χ1n) is 3.80.